The van der Waals surface area contributed by atoms with Crippen molar-refractivity contribution in [2.24, 2.45) is 0 Å². The number of rotatable bonds is 2. The van der Waals surface area contributed by atoms with E-state index < -0.39 is 0 Å². The van der Waals surface area contributed by atoms with Gasteiger partial charge < -0.3 is 0 Å². The van der Waals surface area contributed by atoms with Crippen LogP contribution in [0.1, 0.15) is 6.92 Å². The van der Waals surface area contributed by atoms with Gasteiger partial charge in [-0.15, -0.1) is 16.9 Å². The second-order valence-corrected chi connectivity index (χ2v) is 3.92. The molecule has 0 radical (unpaired) electrons. The minimum absolute atomic E-state index is 1.03. The molecule has 0 amide bonds. The average molecular weight is 190 g/mol. The van der Waals surface area contributed by atoms with Crippen LogP contribution in [0, 0.1) is 0 Å². The summed E-state index contributed by atoms with van der Waals surface area (Å²) < 4.78 is 0. The van der Waals surface area contributed by atoms with Gasteiger partial charge in [-0.3, -0.25) is 0 Å². The van der Waals surface area contributed by atoms with Crippen molar-refractivity contribution in [3.63, 3.8) is 0 Å². The summed E-state index contributed by atoms with van der Waals surface area (Å²) in [6, 6.07) is 8.19. The lowest BCUT2D eigenvalue weighted by Gasteiger charge is -2.01. The van der Waals surface area contributed by atoms with E-state index in [2.05, 4.69) is 29.3 Å². The van der Waals surface area contributed by atoms with Crippen molar-refractivity contribution in [2.45, 2.75) is 11.9 Å². The number of hydrogen-bond donors (Lipinski definition) is 0. The van der Waals surface area contributed by atoms with Gasteiger partial charge in [0.15, 0.2) is 0 Å². The van der Waals surface area contributed by atoms with Crippen molar-refractivity contribution in [1.29, 1.82) is 0 Å². The fourth-order valence-corrected chi connectivity index (χ4v) is 1.96. The Morgan fingerprint density at radius 1 is 1.31 bits per heavy atom. The summed E-state index contributed by atoms with van der Waals surface area (Å²) in [6.07, 6.45) is 1.80. The molecule has 0 fully saturated rings. The third-order valence-corrected chi connectivity index (χ3v) is 2.68. The monoisotopic (exact) mass is 190 g/mol. The Bertz CT molecular complexity index is 409. The molecule has 13 heavy (non-hydrogen) atoms. The molecule has 1 aromatic carbocycles. The summed E-state index contributed by atoms with van der Waals surface area (Å²) in [5, 5.41) is 11.5. The fraction of sp³-hybridized carbons (Fsp3) is 0.200. The molecule has 2 aromatic rings. The first-order valence-electron chi connectivity index (χ1n) is 4.25. The molecule has 66 valence electrons. The lowest BCUT2D eigenvalue weighted by Crippen LogP contribution is -1.86. The summed E-state index contributed by atoms with van der Waals surface area (Å²) in [5.41, 5.74) is 0. The number of nitrogens with zero attached hydrogens (tertiary/aromatic N) is 2. The van der Waals surface area contributed by atoms with Gasteiger partial charge in [-0.05, 0) is 5.75 Å². The van der Waals surface area contributed by atoms with Crippen molar-refractivity contribution in [3.05, 3.63) is 30.5 Å². The second kappa shape index (κ2) is 3.75. The molecule has 3 heteroatoms. The lowest BCUT2D eigenvalue weighted by atomic mass is 10.2. The van der Waals surface area contributed by atoms with E-state index >= 15 is 0 Å². The fourth-order valence-electron chi connectivity index (χ4n) is 1.25. The first-order chi connectivity index (χ1) is 6.42. The molecule has 0 unspecified atom stereocenters. The first kappa shape index (κ1) is 8.51. The van der Waals surface area contributed by atoms with Gasteiger partial charge in [0.05, 0.1) is 6.20 Å². The average Bonchev–Trinajstić information content (AvgIpc) is 2.19. The van der Waals surface area contributed by atoms with E-state index in [4.69, 9.17) is 0 Å². The Morgan fingerprint density at radius 2 is 2.15 bits per heavy atom. The molecule has 0 aliphatic carbocycles. The van der Waals surface area contributed by atoms with Gasteiger partial charge in [0, 0.05) is 10.8 Å². The van der Waals surface area contributed by atoms with E-state index in [1.165, 1.54) is 5.39 Å². The van der Waals surface area contributed by atoms with Crippen LogP contribution in [-0.4, -0.2) is 16.0 Å². The van der Waals surface area contributed by atoms with E-state index in [9.17, 15) is 0 Å². The molecule has 0 N–H and O–H groups in total. The number of thioether (sulfide) groups is 1. The normalized spacial score (nSPS) is 10.5. The number of benzene rings is 1. The molecule has 2 nitrogen and oxygen atoms in total. The molecule has 0 aliphatic rings. The van der Waals surface area contributed by atoms with Crippen LogP contribution in [0.25, 0.3) is 10.8 Å². The molecule has 0 bridgehead atoms. The third-order valence-electron chi connectivity index (χ3n) is 1.82. The Balaban J connectivity index is 2.61. The Hall–Kier alpha value is -1.09. The van der Waals surface area contributed by atoms with Crippen LogP contribution in [0.4, 0.5) is 0 Å². The van der Waals surface area contributed by atoms with Crippen molar-refractivity contribution < 1.29 is 0 Å². The quantitative estimate of drug-likeness (QED) is 0.681. The number of aromatic nitrogens is 2. The van der Waals surface area contributed by atoms with Crippen LogP contribution in [0.2, 0.25) is 0 Å². The topological polar surface area (TPSA) is 25.8 Å². The predicted molar refractivity (Wildman–Crippen MR) is 55.9 cm³/mol. The number of fused-ring (bicyclic) bond motifs is 1. The summed E-state index contributed by atoms with van der Waals surface area (Å²) in [7, 11) is 0. The van der Waals surface area contributed by atoms with Crippen LogP contribution < -0.4 is 0 Å². The highest BCUT2D eigenvalue weighted by molar-refractivity contribution is 7.99. The second-order valence-electron chi connectivity index (χ2n) is 2.67. The summed E-state index contributed by atoms with van der Waals surface area (Å²) in [4.78, 5) is 0. The molecule has 0 saturated carbocycles. The van der Waals surface area contributed by atoms with Crippen molar-refractivity contribution in [2.75, 3.05) is 5.75 Å². The van der Waals surface area contributed by atoms with Gasteiger partial charge >= 0.3 is 0 Å². The summed E-state index contributed by atoms with van der Waals surface area (Å²) in [5.74, 6) is 1.03. The Morgan fingerprint density at radius 3 is 3.00 bits per heavy atom. The third kappa shape index (κ3) is 1.65. The molecule has 1 heterocycles. The zero-order valence-corrected chi connectivity index (χ0v) is 8.21. The van der Waals surface area contributed by atoms with Crippen LogP contribution in [0.5, 0.6) is 0 Å². The minimum atomic E-state index is 1.03. The van der Waals surface area contributed by atoms with E-state index in [0.29, 0.717) is 0 Å². The van der Waals surface area contributed by atoms with E-state index in [1.54, 1.807) is 18.0 Å². The van der Waals surface area contributed by atoms with Crippen LogP contribution in [0.15, 0.2) is 35.5 Å². The molecular weight excluding hydrogens is 180 g/mol. The smallest absolute Gasteiger partial charge is 0.127 e. The van der Waals surface area contributed by atoms with Crippen molar-refractivity contribution >= 4 is 22.5 Å². The van der Waals surface area contributed by atoms with Crippen LogP contribution in [-0.2, 0) is 0 Å². The van der Waals surface area contributed by atoms with E-state index in [1.807, 2.05) is 12.1 Å². The van der Waals surface area contributed by atoms with Crippen molar-refractivity contribution in [1.82, 2.24) is 10.2 Å². The first-order valence-corrected chi connectivity index (χ1v) is 5.23. The van der Waals surface area contributed by atoms with Gasteiger partial charge in [0.25, 0.3) is 0 Å². The molecule has 0 atom stereocenters. The zero-order chi connectivity index (χ0) is 9.10. The largest absolute Gasteiger partial charge is 0.157 e. The maximum Gasteiger partial charge on any atom is 0.127 e. The SMILES string of the molecule is CCSc1nncc2ccccc12. The van der Waals surface area contributed by atoms with Crippen molar-refractivity contribution in [3.8, 4) is 0 Å². The summed E-state index contributed by atoms with van der Waals surface area (Å²) >= 11 is 1.73. The van der Waals surface area contributed by atoms with Crippen LogP contribution >= 0.6 is 11.8 Å². The Labute approximate surface area is 81.4 Å². The molecule has 0 saturated heterocycles. The molecule has 0 spiro atoms. The van der Waals surface area contributed by atoms with Crippen LogP contribution in [0.3, 0.4) is 0 Å². The minimum Gasteiger partial charge on any atom is -0.157 e. The van der Waals surface area contributed by atoms with Gasteiger partial charge in [-0.25, -0.2) is 0 Å². The van der Waals surface area contributed by atoms with E-state index in [-0.39, 0.29) is 0 Å². The highest BCUT2D eigenvalue weighted by atomic mass is 32.2. The van der Waals surface area contributed by atoms with Gasteiger partial charge in [-0.2, -0.15) is 5.10 Å². The lowest BCUT2D eigenvalue weighted by molar-refractivity contribution is 0.956. The highest BCUT2D eigenvalue weighted by Gasteiger charge is 2.00. The maximum atomic E-state index is 4.11. The van der Waals surface area contributed by atoms with Gasteiger partial charge in [0.1, 0.15) is 5.03 Å². The highest BCUT2D eigenvalue weighted by Crippen LogP contribution is 2.23. The number of hydrogen-bond acceptors (Lipinski definition) is 3. The van der Waals surface area contributed by atoms with Gasteiger partial charge in [-0.1, -0.05) is 31.2 Å². The molecule has 1 aromatic heterocycles. The van der Waals surface area contributed by atoms with Gasteiger partial charge in [0.2, 0.25) is 0 Å². The molecular formula is C10H10N2S. The molecule has 2 rings (SSSR count). The predicted octanol–water partition coefficient (Wildman–Crippen LogP) is 2.74. The summed E-state index contributed by atoms with van der Waals surface area (Å²) in [6.45, 7) is 2.12. The maximum absolute atomic E-state index is 4.11. The Kier molecular flexibility index (Phi) is 2.45. The molecule has 0 aliphatic heterocycles. The zero-order valence-electron chi connectivity index (χ0n) is 7.40. The standard InChI is InChI=1S/C10H10N2S/c1-2-13-10-9-6-4-3-5-8(9)7-11-12-10/h3-7H,2H2,1H3. The van der Waals surface area contributed by atoms with E-state index in [0.717, 1.165) is 16.2 Å².